The van der Waals surface area contributed by atoms with Crippen LogP contribution < -0.4 is 5.32 Å². The number of aliphatic hydroxyl groups excluding tert-OH is 1. The molecule has 1 saturated carbocycles. The topological polar surface area (TPSA) is 99.1 Å². The number of urea groups is 1. The fourth-order valence-electron chi connectivity index (χ4n) is 2.65. The molecular weight excluding hydrogens is 264 g/mol. The molecule has 1 heterocycles. The van der Waals surface area contributed by atoms with E-state index < -0.39 is 24.1 Å². The number of amides is 2. The van der Waals surface area contributed by atoms with Crippen LogP contribution in [0.15, 0.2) is 0 Å². The number of hydrogen-bond donors (Lipinski definition) is 3. The number of nitrogens with one attached hydrogen (secondary N) is 1. The number of β-amino-alcohol motifs (C(OH)–C–C–N with tert-alkyl or cyclic N) is 1. The summed E-state index contributed by atoms with van der Waals surface area (Å²) in [7, 11) is 1.65. The average Bonchev–Trinajstić information content (AvgIpc) is 3.07. The number of methoxy groups -OCH3 is 1. The Morgan fingerprint density at radius 1 is 1.45 bits per heavy atom. The molecule has 0 spiro atoms. The van der Waals surface area contributed by atoms with E-state index in [2.05, 4.69) is 5.32 Å². The molecule has 1 aliphatic carbocycles. The lowest BCUT2D eigenvalue weighted by Gasteiger charge is -2.23. The van der Waals surface area contributed by atoms with Gasteiger partial charge in [0.15, 0.2) is 0 Å². The largest absolute Gasteiger partial charge is 0.480 e. The molecule has 2 rings (SSSR count). The number of aliphatic carboxylic acids is 1. The Hall–Kier alpha value is -1.34. The molecule has 0 radical (unpaired) electrons. The summed E-state index contributed by atoms with van der Waals surface area (Å²) in [5, 5.41) is 21.4. The highest BCUT2D eigenvalue weighted by molar-refractivity contribution is 5.83. The summed E-state index contributed by atoms with van der Waals surface area (Å²) in [6.07, 6.45) is 2.35. The van der Waals surface area contributed by atoms with Gasteiger partial charge in [0.25, 0.3) is 0 Å². The first-order valence-electron chi connectivity index (χ1n) is 6.92. The Balaban J connectivity index is 1.84. The van der Waals surface area contributed by atoms with E-state index in [4.69, 9.17) is 9.84 Å². The second-order valence-corrected chi connectivity index (χ2v) is 5.80. The number of hydrogen-bond acceptors (Lipinski definition) is 4. The first-order chi connectivity index (χ1) is 9.47. The quantitative estimate of drug-likeness (QED) is 0.640. The van der Waals surface area contributed by atoms with Gasteiger partial charge in [0.2, 0.25) is 0 Å². The van der Waals surface area contributed by atoms with Crippen LogP contribution >= 0.6 is 0 Å². The molecule has 2 amide bonds. The number of nitrogens with zero attached hydrogens (tertiary/aromatic N) is 1. The zero-order chi connectivity index (χ0) is 14.8. The fourth-order valence-corrected chi connectivity index (χ4v) is 2.65. The predicted molar refractivity (Wildman–Crippen MR) is 70.3 cm³/mol. The van der Waals surface area contributed by atoms with Gasteiger partial charge in [-0.1, -0.05) is 0 Å². The van der Waals surface area contributed by atoms with Crippen LogP contribution in [0.3, 0.4) is 0 Å². The van der Waals surface area contributed by atoms with E-state index >= 15 is 0 Å². The maximum absolute atomic E-state index is 12.1. The van der Waals surface area contributed by atoms with Gasteiger partial charge in [0.05, 0.1) is 6.10 Å². The molecule has 1 saturated heterocycles. The molecule has 114 valence electrons. The summed E-state index contributed by atoms with van der Waals surface area (Å²) in [6.45, 7) is 1.28. The molecule has 20 heavy (non-hydrogen) atoms. The Labute approximate surface area is 117 Å². The Morgan fingerprint density at radius 2 is 2.15 bits per heavy atom. The van der Waals surface area contributed by atoms with Crippen molar-refractivity contribution >= 4 is 12.0 Å². The van der Waals surface area contributed by atoms with Gasteiger partial charge in [-0.3, -0.25) is 0 Å². The number of aliphatic hydroxyl groups is 1. The lowest BCUT2D eigenvalue weighted by atomic mass is 10.0. The van der Waals surface area contributed by atoms with Crippen molar-refractivity contribution in [1.29, 1.82) is 0 Å². The SMILES string of the molecule is COCCC1(CNC(=O)N2CC(O)CC2C(=O)O)CC1. The van der Waals surface area contributed by atoms with Crippen LogP contribution in [0, 0.1) is 5.41 Å². The van der Waals surface area contributed by atoms with Crippen molar-refractivity contribution in [3.63, 3.8) is 0 Å². The normalized spacial score (nSPS) is 27.4. The van der Waals surface area contributed by atoms with Crippen molar-refractivity contribution < 1.29 is 24.5 Å². The third-order valence-electron chi connectivity index (χ3n) is 4.23. The zero-order valence-electron chi connectivity index (χ0n) is 11.7. The lowest BCUT2D eigenvalue weighted by Crippen LogP contribution is -2.47. The number of likely N-dealkylation sites (tertiary alicyclic amines) is 1. The zero-order valence-corrected chi connectivity index (χ0v) is 11.7. The van der Waals surface area contributed by atoms with Crippen molar-refractivity contribution in [2.24, 2.45) is 5.41 Å². The third kappa shape index (κ3) is 3.40. The van der Waals surface area contributed by atoms with Crippen molar-refractivity contribution in [3.05, 3.63) is 0 Å². The predicted octanol–water partition coefficient (Wildman–Crippen LogP) is 0.0325. The van der Waals surface area contributed by atoms with E-state index in [0.29, 0.717) is 13.2 Å². The molecule has 3 N–H and O–H groups in total. The summed E-state index contributed by atoms with van der Waals surface area (Å²) in [5.74, 6) is -1.07. The molecule has 2 fully saturated rings. The van der Waals surface area contributed by atoms with Crippen LogP contribution in [0.2, 0.25) is 0 Å². The van der Waals surface area contributed by atoms with E-state index in [1.165, 1.54) is 4.90 Å². The molecule has 0 aromatic carbocycles. The van der Waals surface area contributed by atoms with Gasteiger partial charge in [-0.2, -0.15) is 0 Å². The number of carbonyl (C=O) groups excluding carboxylic acids is 1. The minimum Gasteiger partial charge on any atom is -0.480 e. The molecule has 7 heteroatoms. The lowest BCUT2D eigenvalue weighted by molar-refractivity contribution is -0.141. The molecule has 0 aromatic heterocycles. The van der Waals surface area contributed by atoms with Gasteiger partial charge in [0, 0.05) is 33.2 Å². The van der Waals surface area contributed by atoms with Crippen LogP contribution in [0.5, 0.6) is 0 Å². The molecule has 1 aliphatic heterocycles. The summed E-state index contributed by atoms with van der Waals surface area (Å²) in [5.41, 5.74) is 0.114. The smallest absolute Gasteiger partial charge is 0.326 e. The molecule has 2 unspecified atom stereocenters. The Morgan fingerprint density at radius 3 is 2.70 bits per heavy atom. The van der Waals surface area contributed by atoms with E-state index in [-0.39, 0.29) is 18.4 Å². The van der Waals surface area contributed by atoms with Gasteiger partial charge in [-0.15, -0.1) is 0 Å². The van der Waals surface area contributed by atoms with E-state index in [9.17, 15) is 14.7 Å². The van der Waals surface area contributed by atoms with Crippen LogP contribution in [0.4, 0.5) is 4.79 Å². The summed E-state index contributed by atoms with van der Waals surface area (Å²) in [4.78, 5) is 24.3. The van der Waals surface area contributed by atoms with Crippen molar-refractivity contribution in [2.45, 2.75) is 37.8 Å². The number of ether oxygens (including phenoxy) is 1. The third-order valence-corrected chi connectivity index (χ3v) is 4.23. The molecular formula is C13H22N2O5. The van der Waals surface area contributed by atoms with Crippen molar-refractivity contribution in [3.8, 4) is 0 Å². The number of rotatable bonds is 6. The standard InChI is InChI=1S/C13H22N2O5/c1-20-5-4-13(2-3-13)8-14-12(19)15-7-9(16)6-10(15)11(17)18/h9-10,16H,2-8H2,1H3,(H,14,19)(H,17,18). The van der Waals surface area contributed by atoms with Crippen LogP contribution in [-0.4, -0.2) is 66.1 Å². The molecule has 2 aliphatic rings. The van der Waals surface area contributed by atoms with E-state index in [1.807, 2.05) is 0 Å². The van der Waals surface area contributed by atoms with Gasteiger partial charge in [-0.05, 0) is 24.7 Å². The molecule has 0 aromatic rings. The monoisotopic (exact) mass is 286 g/mol. The average molecular weight is 286 g/mol. The van der Waals surface area contributed by atoms with Crippen molar-refractivity contribution in [1.82, 2.24) is 10.2 Å². The first-order valence-corrected chi connectivity index (χ1v) is 6.92. The fraction of sp³-hybridized carbons (Fsp3) is 0.846. The van der Waals surface area contributed by atoms with Gasteiger partial charge >= 0.3 is 12.0 Å². The highest BCUT2D eigenvalue weighted by Crippen LogP contribution is 2.48. The maximum Gasteiger partial charge on any atom is 0.326 e. The Kier molecular flexibility index (Phi) is 4.49. The van der Waals surface area contributed by atoms with Gasteiger partial charge in [-0.25, -0.2) is 9.59 Å². The van der Waals surface area contributed by atoms with Crippen LogP contribution in [0.25, 0.3) is 0 Å². The Bertz CT molecular complexity index is 383. The van der Waals surface area contributed by atoms with E-state index in [0.717, 1.165) is 19.3 Å². The maximum atomic E-state index is 12.1. The summed E-state index contributed by atoms with van der Waals surface area (Å²) >= 11 is 0. The first kappa shape index (κ1) is 15.1. The van der Waals surface area contributed by atoms with Crippen LogP contribution in [-0.2, 0) is 9.53 Å². The molecule has 0 bridgehead atoms. The number of carbonyl (C=O) groups is 2. The van der Waals surface area contributed by atoms with E-state index in [1.54, 1.807) is 7.11 Å². The summed E-state index contributed by atoms with van der Waals surface area (Å²) in [6, 6.07) is -1.34. The molecule has 2 atom stereocenters. The highest BCUT2D eigenvalue weighted by atomic mass is 16.5. The van der Waals surface area contributed by atoms with Crippen LogP contribution in [0.1, 0.15) is 25.7 Å². The second kappa shape index (κ2) is 5.97. The second-order valence-electron chi connectivity index (χ2n) is 5.80. The molecule has 7 nitrogen and oxygen atoms in total. The summed E-state index contributed by atoms with van der Waals surface area (Å²) < 4.78 is 5.05. The minimum atomic E-state index is -1.07. The number of carboxylic acid groups (broad SMARTS) is 1. The van der Waals surface area contributed by atoms with Gasteiger partial charge < -0.3 is 25.2 Å². The van der Waals surface area contributed by atoms with Crippen molar-refractivity contribution in [2.75, 3.05) is 26.8 Å². The highest BCUT2D eigenvalue weighted by Gasteiger charge is 2.44. The number of carboxylic acids is 1. The van der Waals surface area contributed by atoms with Gasteiger partial charge in [0.1, 0.15) is 6.04 Å². The minimum absolute atomic E-state index is 0.0773.